The molecule has 6 rings (SSSR count). The molecule has 1 fully saturated rings. The number of amides is 1. The molecule has 0 aliphatic carbocycles. The number of nitrogens with zero attached hydrogens (tertiary/aromatic N) is 4. The van der Waals surface area contributed by atoms with E-state index in [2.05, 4.69) is 15.2 Å². The van der Waals surface area contributed by atoms with Gasteiger partial charge in [-0.1, -0.05) is 30.3 Å². The summed E-state index contributed by atoms with van der Waals surface area (Å²) in [4.78, 5) is 35.2. The number of carboxylic acids is 1. The number of fused-ring (bicyclic) bond motifs is 1. The second kappa shape index (κ2) is 14.8. The molecule has 254 valence electrons. The number of halogens is 2. The molecule has 49 heavy (non-hydrogen) atoms. The smallest absolute Gasteiger partial charge is 0.338 e. The highest BCUT2D eigenvalue weighted by molar-refractivity contribution is 6.00. The second-order valence-corrected chi connectivity index (χ2v) is 11.9. The zero-order chi connectivity index (χ0) is 34.5. The van der Waals surface area contributed by atoms with E-state index in [9.17, 15) is 19.1 Å². The summed E-state index contributed by atoms with van der Waals surface area (Å²) in [7, 11) is 1.57. The van der Waals surface area contributed by atoms with Crippen molar-refractivity contribution in [3.63, 3.8) is 0 Å². The van der Waals surface area contributed by atoms with Crippen LogP contribution in [0.3, 0.4) is 0 Å². The standard InChI is InChI=1S/C36H36F2N6O5/c1-48-17-16-44-29-19-26(36(46)47)33(40-25-6-3-2-4-7-25)32(38)34(29)42-30(44)20-43-14-12-22(13-15-43)28-8-5-9-31(41-28)49-21-24-11-10-23(35(39)45)18-27(24)37/h2-11,18-19,22,40H,12-17,20-21H2,1H3,(H2,39,45)(H,46,47). The van der Waals surface area contributed by atoms with Gasteiger partial charge in [0.1, 0.15) is 23.8 Å². The molecule has 0 saturated carbocycles. The zero-order valence-corrected chi connectivity index (χ0v) is 26.9. The largest absolute Gasteiger partial charge is 0.478 e. The predicted molar refractivity (Wildman–Crippen MR) is 179 cm³/mol. The molecule has 0 atom stereocenters. The number of carbonyl (C=O) groups is 2. The number of para-hydroxylation sites is 1. The van der Waals surface area contributed by atoms with Gasteiger partial charge in [-0.05, 0) is 62.3 Å². The minimum absolute atomic E-state index is 0.0534. The summed E-state index contributed by atoms with van der Waals surface area (Å²) < 4.78 is 43.4. The Bertz CT molecular complexity index is 1980. The first-order chi connectivity index (χ1) is 23.7. The van der Waals surface area contributed by atoms with Crippen molar-refractivity contribution in [2.75, 3.05) is 32.1 Å². The number of aromatic carboxylic acids is 1. The quantitative estimate of drug-likeness (QED) is 0.140. The molecule has 1 saturated heterocycles. The van der Waals surface area contributed by atoms with E-state index in [-0.39, 0.29) is 40.4 Å². The topological polar surface area (TPSA) is 145 Å². The van der Waals surface area contributed by atoms with Crippen LogP contribution >= 0.6 is 0 Å². The number of methoxy groups -OCH3 is 1. The van der Waals surface area contributed by atoms with E-state index in [1.807, 2.05) is 22.8 Å². The minimum atomic E-state index is -1.25. The molecule has 1 aliphatic heterocycles. The molecular weight excluding hydrogens is 634 g/mol. The van der Waals surface area contributed by atoms with Gasteiger partial charge in [0.25, 0.3) is 0 Å². The van der Waals surface area contributed by atoms with Gasteiger partial charge in [0, 0.05) is 48.1 Å². The lowest BCUT2D eigenvalue weighted by Crippen LogP contribution is -2.33. The summed E-state index contributed by atoms with van der Waals surface area (Å²) in [5.41, 5.74) is 7.18. The number of imidazole rings is 1. The average Bonchev–Trinajstić information content (AvgIpc) is 3.45. The highest BCUT2D eigenvalue weighted by atomic mass is 19.1. The van der Waals surface area contributed by atoms with Crippen LogP contribution in [-0.2, 0) is 24.4 Å². The molecule has 0 unspecified atom stereocenters. The average molecular weight is 671 g/mol. The van der Waals surface area contributed by atoms with Gasteiger partial charge in [-0.2, -0.15) is 0 Å². The van der Waals surface area contributed by atoms with Crippen molar-refractivity contribution >= 4 is 34.3 Å². The molecule has 2 aromatic heterocycles. The first kappa shape index (κ1) is 33.5. The lowest BCUT2D eigenvalue weighted by molar-refractivity contribution is 0.0697. The minimum Gasteiger partial charge on any atom is -0.478 e. The number of nitrogens with two attached hydrogens (primary N) is 1. The summed E-state index contributed by atoms with van der Waals surface area (Å²) in [5.74, 6) is -2.11. The number of benzene rings is 3. The highest BCUT2D eigenvalue weighted by Gasteiger charge is 2.27. The zero-order valence-electron chi connectivity index (χ0n) is 26.9. The SMILES string of the molecule is COCCn1c(CN2CCC(c3cccc(OCc4ccc(C(N)=O)cc4F)n3)CC2)nc2c(F)c(Nc3ccccc3)c(C(=O)O)cc21. The van der Waals surface area contributed by atoms with E-state index in [1.54, 1.807) is 37.4 Å². The van der Waals surface area contributed by atoms with Crippen LogP contribution < -0.4 is 15.8 Å². The number of piperidine rings is 1. The Labute approximate surface area is 281 Å². The number of rotatable bonds is 13. The first-order valence-electron chi connectivity index (χ1n) is 15.9. The lowest BCUT2D eigenvalue weighted by Gasteiger charge is -2.31. The Kier molecular flexibility index (Phi) is 10.1. The summed E-state index contributed by atoms with van der Waals surface area (Å²) in [6.45, 7) is 2.55. The van der Waals surface area contributed by atoms with Gasteiger partial charge in [-0.25, -0.2) is 23.5 Å². The number of hydrogen-bond acceptors (Lipinski definition) is 8. The molecule has 3 heterocycles. The number of anilines is 2. The molecule has 1 aliphatic rings. The van der Waals surface area contributed by atoms with E-state index >= 15 is 4.39 Å². The van der Waals surface area contributed by atoms with E-state index in [0.29, 0.717) is 42.6 Å². The molecule has 13 heteroatoms. The van der Waals surface area contributed by atoms with Crippen LogP contribution in [0.2, 0.25) is 0 Å². The number of hydrogen-bond donors (Lipinski definition) is 3. The molecule has 3 aromatic carbocycles. The van der Waals surface area contributed by atoms with E-state index < -0.39 is 23.5 Å². The predicted octanol–water partition coefficient (Wildman–Crippen LogP) is 5.86. The van der Waals surface area contributed by atoms with Crippen molar-refractivity contribution in [1.29, 1.82) is 0 Å². The number of carbonyl (C=O) groups excluding carboxylic acids is 1. The number of nitrogens with one attached hydrogen (secondary N) is 1. The van der Waals surface area contributed by atoms with Crippen molar-refractivity contribution in [1.82, 2.24) is 19.4 Å². The van der Waals surface area contributed by atoms with Crippen LogP contribution in [0.1, 0.15) is 56.6 Å². The highest BCUT2D eigenvalue weighted by Crippen LogP contribution is 2.33. The second-order valence-electron chi connectivity index (χ2n) is 11.9. The summed E-state index contributed by atoms with van der Waals surface area (Å²) in [6.07, 6.45) is 1.61. The third-order valence-electron chi connectivity index (χ3n) is 8.69. The number of ether oxygens (including phenoxy) is 2. The maximum Gasteiger partial charge on any atom is 0.338 e. The van der Waals surface area contributed by atoms with E-state index in [0.717, 1.165) is 37.7 Å². The number of primary amides is 1. The number of aromatic nitrogens is 3. The molecule has 0 bridgehead atoms. The van der Waals surface area contributed by atoms with Gasteiger partial charge in [0.15, 0.2) is 5.82 Å². The van der Waals surface area contributed by atoms with Crippen LogP contribution in [0.25, 0.3) is 11.0 Å². The Hall–Kier alpha value is -5.40. The fourth-order valence-corrected chi connectivity index (χ4v) is 6.07. The van der Waals surface area contributed by atoms with Gasteiger partial charge in [-0.15, -0.1) is 0 Å². The fourth-order valence-electron chi connectivity index (χ4n) is 6.07. The molecular formula is C36H36F2N6O5. The van der Waals surface area contributed by atoms with Gasteiger partial charge in [-0.3, -0.25) is 9.69 Å². The number of likely N-dealkylation sites (tertiary alicyclic amines) is 1. The first-order valence-corrected chi connectivity index (χ1v) is 15.9. The molecule has 11 nitrogen and oxygen atoms in total. The Morgan fingerprint density at radius 2 is 1.80 bits per heavy atom. The maximum absolute atomic E-state index is 16.1. The fraction of sp³-hybridized carbons (Fsp3) is 0.278. The third kappa shape index (κ3) is 7.53. The van der Waals surface area contributed by atoms with Crippen LogP contribution in [0.5, 0.6) is 5.88 Å². The molecule has 0 spiro atoms. The lowest BCUT2D eigenvalue weighted by atomic mass is 9.93. The van der Waals surface area contributed by atoms with Crippen molar-refractivity contribution in [3.8, 4) is 5.88 Å². The summed E-state index contributed by atoms with van der Waals surface area (Å²) >= 11 is 0. The number of carboxylic acid groups (broad SMARTS) is 1. The summed E-state index contributed by atoms with van der Waals surface area (Å²) in [5, 5.41) is 12.9. The van der Waals surface area contributed by atoms with E-state index in [4.69, 9.17) is 20.2 Å². The van der Waals surface area contributed by atoms with Crippen molar-refractivity contribution in [2.45, 2.75) is 38.5 Å². The Balaban J connectivity index is 1.16. The van der Waals surface area contributed by atoms with Gasteiger partial charge in [0.2, 0.25) is 11.8 Å². The van der Waals surface area contributed by atoms with Crippen LogP contribution in [0.4, 0.5) is 20.2 Å². The maximum atomic E-state index is 16.1. The Morgan fingerprint density at radius 1 is 1.02 bits per heavy atom. The van der Waals surface area contributed by atoms with Crippen molar-refractivity contribution in [2.24, 2.45) is 5.73 Å². The van der Waals surface area contributed by atoms with Gasteiger partial charge < -0.3 is 30.2 Å². The molecule has 4 N–H and O–H groups in total. The molecule has 5 aromatic rings. The van der Waals surface area contributed by atoms with Gasteiger partial charge >= 0.3 is 5.97 Å². The van der Waals surface area contributed by atoms with Crippen LogP contribution in [-0.4, -0.2) is 63.2 Å². The van der Waals surface area contributed by atoms with Crippen molar-refractivity contribution in [3.05, 3.63) is 113 Å². The Morgan fingerprint density at radius 3 is 2.49 bits per heavy atom. The van der Waals surface area contributed by atoms with E-state index in [1.165, 1.54) is 18.2 Å². The van der Waals surface area contributed by atoms with Crippen molar-refractivity contribution < 1.29 is 33.0 Å². The molecule has 1 amide bonds. The normalized spacial score (nSPS) is 13.9. The van der Waals surface area contributed by atoms with Gasteiger partial charge in [0.05, 0.1) is 29.9 Å². The monoisotopic (exact) mass is 670 g/mol. The molecule has 0 radical (unpaired) electrons. The van der Waals surface area contributed by atoms with Crippen LogP contribution in [0, 0.1) is 11.6 Å². The van der Waals surface area contributed by atoms with Crippen LogP contribution in [0.15, 0.2) is 72.8 Å². The number of pyridine rings is 1. The third-order valence-corrected chi connectivity index (χ3v) is 8.69. The summed E-state index contributed by atoms with van der Waals surface area (Å²) in [6, 6.07) is 19.8.